The van der Waals surface area contributed by atoms with Gasteiger partial charge in [-0.05, 0) is 32.6 Å². The van der Waals surface area contributed by atoms with Gasteiger partial charge in [-0.15, -0.1) is 24.0 Å². The number of guanidine groups is 1. The Morgan fingerprint density at radius 1 is 1.08 bits per heavy atom. The lowest BCUT2D eigenvalue weighted by Gasteiger charge is -2.43. The molecular formula is C18H35IN4OS. The van der Waals surface area contributed by atoms with Gasteiger partial charge >= 0.3 is 0 Å². The molecule has 5 nitrogen and oxygen atoms in total. The first-order chi connectivity index (χ1) is 11.7. The van der Waals surface area contributed by atoms with Crippen LogP contribution in [0.2, 0.25) is 0 Å². The van der Waals surface area contributed by atoms with E-state index in [1.165, 1.54) is 56.7 Å². The van der Waals surface area contributed by atoms with Crippen molar-refractivity contribution in [1.29, 1.82) is 0 Å². The van der Waals surface area contributed by atoms with Crippen LogP contribution in [0, 0.1) is 0 Å². The quantitative estimate of drug-likeness (QED) is 0.359. The SMILES string of the molecule is CN=C(NCC1(C)CCCO1)NCC1(N2CCSCC2)CCCC1.I. The molecule has 3 aliphatic rings. The fraction of sp³-hybridized carbons (Fsp3) is 0.944. The summed E-state index contributed by atoms with van der Waals surface area (Å²) < 4.78 is 5.87. The maximum absolute atomic E-state index is 5.87. The van der Waals surface area contributed by atoms with Crippen molar-refractivity contribution < 1.29 is 4.74 Å². The van der Waals surface area contributed by atoms with E-state index in [-0.39, 0.29) is 29.6 Å². The van der Waals surface area contributed by atoms with Crippen molar-refractivity contribution in [2.24, 2.45) is 4.99 Å². The van der Waals surface area contributed by atoms with E-state index >= 15 is 0 Å². The third kappa shape index (κ3) is 5.62. The molecule has 2 saturated heterocycles. The van der Waals surface area contributed by atoms with Crippen molar-refractivity contribution in [3.63, 3.8) is 0 Å². The smallest absolute Gasteiger partial charge is 0.191 e. The highest BCUT2D eigenvalue weighted by Gasteiger charge is 2.40. The lowest BCUT2D eigenvalue weighted by Crippen LogP contribution is -2.58. The van der Waals surface area contributed by atoms with Gasteiger partial charge in [0.25, 0.3) is 0 Å². The highest BCUT2D eigenvalue weighted by atomic mass is 127. The van der Waals surface area contributed by atoms with Crippen molar-refractivity contribution in [3.05, 3.63) is 0 Å². The van der Waals surface area contributed by atoms with Crippen LogP contribution in [0.5, 0.6) is 0 Å². The summed E-state index contributed by atoms with van der Waals surface area (Å²) >= 11 is 2.09. The molecule has 1 aliphatic carbocycles. The highest BCUT2D eigenvalue weighted by Crippen LogP contribution is 2.36. The minimum absolute atomic E-state index is 0. The molecule has 25 heavy (non-hydrogen) atoms. The summed E-state index contributed by atoms with van der Waals surface area (Å²) in [6.07, 6.45) is 7.67. The molecule has 0 radical (unpaired) electrons. The number of halogens is 1. The summed E-state index contributed by atoms with van der Waals surface area (Å²) in [6.45, 7) is 7.41. The molecule has 1 saturated carbocycles. The first kappa shape index (κ1) is 21.6. The Morgan fingerprint density at radius 2 is 1.76 bits per heavy atom. The van der Waals surface area contributed by atoms with E-state index in [1.54, 1.807) is 0 Å². The number of hydrogen-bond donors (Lipinski definition) is 2. The van der Waals surface area contributed by atoms with Gasteiger partial charge in [-0.2, -0.15) is 11.8 Å². The Balaban J connectivity index is 0.00000225. The predicted molar refractivity (Wildman–Crippen MR) is 118 cm³/mol. The zero-order chi connectivity index (χ0) is 16.9. The summed E-state index contributed by atoms with van der Waals surface area (Å²) in [5, 5.41) is 7.11. The van der Waals surface area contributed by atoms with E-state index in [0.29, 0.717) is 5.54 Å². The molecular weight excluding hydrogens is 447 g/mol. The summed E-state index contributed by atoms with van der Waals surface area (Å²) in [6, 6.07) is 0. The summed E-state index contributed by atoms with van der Waals surface area (Å²) in [4.78, 5) is 7.18. The van der Waals surface area contributed by atoms with E-state index in [9.17, 15) is 0 Å². The first-order valence-electron chi connectivity index (χ1n) is 9.57. The number of aliphatic imine (C=N–C) groups is 1. The Bertz CT molecular complexity index is 431. The van der Waals surface area contributed by atoms with Gasteiger partial charge in [0.05, 0.1) is 5.60 Å². The second-order valence-electron chi connectivity index (χ2n) is 7.71. The number of nitrogens with one attached hydrogen (secondary N) is 2. The van der Waals surface area contributed by atoms with Crippen LogP contribution in [0.1, 0.15) is 45.4 Å². The normalized spacial score (nSPS) is 30.1. The zero-order valence-corrected chi connectivity index (χ0v) is 19.0. The van der Waals surface area contributed by atoms with Crippen LogP contribution in [0.25, 0.3) is 0 Å². The lowest BCUT2D eigenvalue weighted by molar-refractivity contribution is 0.0242. The molecule has 146 valence electrons. The largest absolute Gasteiger partial charge is 0.373 e. The molecule has 1 unspecified atom stereocenters. The van der Waals surface area contributed by atoms with Gasteiger partial charge in [0.1, 0.15) is 0 Å². The van der Waals surface area contributed by atoms with Crippen LogP contribution in [-0.2, 0) is 4.74 Å². The monoisotopic (exact) mass is 482 g/mol. The number of rotatable bonds is 5. The summed E-state index contributed by atoms with van der Waals surface area (Å²) in [5.74, 6) is 3.49. The fourth-order valence-corrected chi connectivity index (χ4v) is 5.29. The van der Waals surface area contributed by atoms with Crippen molar-refractivity contribution in [2.45, 2.75) is 56.6 Å². The summed E-state index contributed by atoms with van der Waals surface area (Å²) in [5.41, 5.74) is 0.305. The van der Waals surface area contributed by atoms with Gasteiger partial charge in [-0.3, -0.25) is 9.89 Å². The van der Waals surface area contributed by atoms with Crippen molar-refractivity contribution in [2.75, 3.05) is 51.3 Å². The predicted octanol–water partition coefficient (Wildman–Crippen LogP) is 2.70. The van der Waals surface area contributed by atoms with Gasteiger partial charge < -0.3 is 15.4 Å². The molecule has 2 N–H and O–H groups in total. The van der Waals surface area contributed by atoms with Gasteiger partial charge in [-0.25, -0.2) is 0 Å². The van der Waals surface area contributed by atoms with E-state index in [2.05, 4.69) is 39.2 Å². The molecule has 0 bridgehead atoms. The third-order valence-electron chi connectivity index (χ3n) is 5.95. The number of thioether (sulfide) groups is 1. The summed E-state index contributed by atoms with van der Waals surface area (Å²) in [7, 11) is 1.87. The van der Waals surface area contributed by atoms with Crippen molar-refractivity contribution in [1.82, 2.24) is 15.5 Å². The van der Waals surface area contributed by atoms with Crippen LogP contribution in [0.4, 0.5) is 0 Å². The molecule has 2 heterocycles. The Kier molecular flexibility index (Phi) is 8.62. The third-order valence-corrected chi connectivity index (χ3v) is 6.90. The van der Waals surface area contributed by atoms with Gasteiger partial charge in [0, 0.05) is 56.9 Å². The Labute approximate surface area is 174 Å². The second kappa shape index (κ2) is 9.99. The lowest BCUT2D eigenvalue weighted by atomic mass is 9.94. The number of hydrogen-bond acceptors (Lipinski definition) is 4. The highest BCUT2D eigenvalue weighted by molar-refractivity contribution is 14.0. The van der Waals surface area contributed by atoms with E-state index in [0.717, 1.165) is 32.1 Å². The average Bonchev–Trinajstić information content (AvgIpc) is 3.26. The second-order valence-corrected chi connectivity index (χ2v) is 8.94. The molecule has 0 spiro atoms. The van der Waals surface area contributed by atoms with Crippen LogP contribution in [-0.4, -0.2) is 73.3 Å². The van der Waals surface area contributed by atoms with Gasteiger partial charge in [0.15, 0.2) is 5.96 Å². The minimum Gasteiger partial charge on any atom is -0.373 e. The van der Waals surface area contributed by atoms with Crippen molar-refractivity contribution in [3.8, 4) is 0 Å². The molecule has 0 aromatic carbocycles. The van der Waals surface area contributed by atoms with E-state index in [4.69, 9.17) is 4.74 Å². The number of ether oxygens (including phenoxy) is 1. The fourth-order valence-electron chi connectivity index (χ4n) is 4.39. The maximum atomic E-state index is 5.87. The average molecular weight is 482 g/mol. The molecule has 3 rings (SSSR count). The molecule has 3 fully saturated rings. The molecule has 7 heteroatoms. The molecule has 1 atom stereocenters. The topological polar surface area (TPSA) is 48.9 Å². The zero-order valence-electron chi connectivity index (χ0n) is 15.8. The van der Waals surface area contributed by atoms with Crippen LogP contribution in [0.3, 0.4) is 0 Å². The van der Waals surface area contributed by atoms with Crippen LogP contribution >= 0.6 is 35.7 Å². The maximum Gasteiger partial charge on any atom is 0.191 e. The standard InChI is InChI=1S/C18H34N4OS.HI/c1-17(6-5-11-23-17)14-20-16(19-2)21-15-18(7-3-4-8-18)22-9-12-24-13-10-22;/h3-15H2,1-2H3,(H2,19,20,21);1H. The number of nitrogens with zero attached hydrogens (tertiary/aromatic N) is 2. The Hall–Kier alpha value is 0.270. The van der Waals surface area contributed by atoms with Crippen molar-refractivity contribution >= 4 is 41.7 Å². The van der Waals surface area contributed by atoms with E-state index in [1.807, 2.05) is 7.05 Å². The minimum atomic E-state index is -0.0350. The van der Waals surface area contributed by atoms with E-state index < -0.39 is 0 Å². The van der Waals surface area contributed by atoms with Crippen LogP contribution in [0.15, 0.2) is 4.99 Å². The molecule has 2 aliphatic heterocycles. The van der Waals surface area contributed by atoms with Crippen LogP contribution < -0.4 is 10.6 Å². The molecule has 0 aromatic heterocycles. The Morgan fingerprint density at radius 3 is 2.36 bits per heavy atom. The van der Waals surface area contributed by atoms with Gasteiger partial charge in [-0.1, -0.05) is 12.8 Å². The molecule has 0 amide bonds. The molecule has 0 aromatic rings. The first-order valence-corrected chi connectivity index (χ1v) is 10.7. The van der Waals surface area contributed by atoms with Gasteiger partial charge in [0.2, 0.25) is 0 Å².